The summed E-state index contributed by atoms with van der Waals surface area (Å²) in [7, 11) is 0. The monoisotopic (exact) mass is 371 g/mol. The maximum Gasteiger partial charge on any atom is 0.212 e. The molecule has 0 aliphatic carbocycles. The molecule has 3 heterocycles. The highest BCUT2D eigenvalue weighted by Gasteiger charge is 2.15. The molecule has 0 unspecified atom stereocenters. The zero-order chi connectivity index (χ0) is 18.8. The fraction of sp³-hybridized carbons (Fsp3) is 0. The molecule has 27 heavy (non-hydrogen) atoms. The second-order valence-electron chi connectivity index (χ2n) is 5.64. The molecule has 5 nitrogen and oxygen atoms in total. The minimum atomic E-state index is -0.553. The van der Waals surface area contributed by atoms with E-state index in [4.69, 9.17) is 0 Å². The molecule has 0 spiro atoms. The molecule has 128 valence electrons. The van der Waals surface area contributed by atoms with E-state index in [9.17, 15) is 14.9 Å². The number of rotatable bonds is 3. The van der Waals surface area contributed by atoms with Crippen molar-refractivity contribution >= 4 is 17.3 Å². The van der Waals surface area contributed by atoms with E-state index < -0.39 is 5.95 Å². The Morgan fingerprint density at radius 1 is 0.926 bits per heavy atom. The van der Waals surface area contributed by atoms with Crippen LogP contribution in [0.1, 0.15) is 11.1 Å². The van der Waals surface area contributed by atoms with Crippen LogP contribution >= 0.6 is 11.8 Å². The number of benzene rings is 1. The predicted molar refractivity (Wildman–Crippen MR) is 98.4 cm³/mol. The van der Waals surface area contributed by atoms with Gasteiger partial charge in [0.15, 0.2) is 0 Å². The molecule has 3 aromatic heterocycles. The molecule has 4 aromatic rings. The SMILES string of the molecule is N#Cc1ccccc1Sc1cc(-c2ccc(F)nc2)cn2ncc(C#N)c12. The number of nitrogens with zero attached hydrogens (tertiary/aromatic N) is 5. The summed E-state index contributed by atoms with van der Waals surface area (Å²) in [5, 5.41) is 23.0. The molecule has 0 radical (unpaired) electrons. The molecule has 0 aliphatic rings. The Bertz CT molecular complexity index is 1230. The van der Waals surface area contributed by atoms with Crippen molar-refractivity contribution in [2.75, 3.05) is 0 Å². The molecule has 0 bridgehead atoms. The third-order valence-corrected chi connectivity index (χ3v) is 5.09. The molecular weight excluding hydrogens is 361 g/mol. The zero-order valence-electron chi connectivity index (χ0n) is 13.8. The average Bonchev–Trinajstić information content (AvgIpc) is 3.12. The average molecular weight is 371 g/mol. The van der Waals surface area contributed by atoms with Crippen LogP contribution in [0, 0.1) is 28.6 Å². The van der Waals surface area contributed by atoms with Crippen molar-refractivity contribution < 1.29 is 4.39 Å². The Labute approximate surface area is 158 Å². The molecule has 4 rings (SSSR count). The third-order valence-electron chi connectivity index (χ3n) is 3.99. The van der Waals surface area contributed by atoms with E-state index in [1.807, 2.05) is 18.2 Å². The Morgan fingerprint density at radius 3 is 2.48 bits per heavy atom. The van der Waals surface area contributed by atoms with Gasteiger partial charge in [0.1, 0.15) is 12.1 Å². The number of pyridine rings is 2. The Kier molecular flexibility index (Phi) is 4.29. The van der Waals surface area contributed by atoms with Crippen LogP contribution in [0.25, 0.3) is 16.6 Å². The summed E-state index contributed by atoms with van der Waals surface area (Å²) in [4.78, 5) is 5.25. The van der Waals surface area contributed by atoms with Crippen molar-refractivity contribution in [2.24, 2.45) is 0 Å². The van der Waals surface area contributed by atoms with Gasteiger partial charge >= 0.3 is 0 Å². The Morgan fingerprint density at radius 2 is 1.74 bits per heavy atom. The smallest absolute Gasteiger partial charge is 0.212 e. The lowest BCUT2D eigenvalue weighted by molar-refractivity contribution is 0.584. The summed E-state index contributed by atoms with van der Waals surface area (Å²) in [6.45, 7) is 0. The Balaban J connectivity index is 1.91. The normalized spacial score (nSPS) is 10.5. The summed E-state index contributed by atoms with van der Waals surface area (Å²) in [6, 6.07) is 16.4. The van der Waals surface area contributed by atoms with Gasteiger partial charge in [0.2, 0.25) is 5.95 Å². The van der Waals surface area contributed by atoms with Crippen LogP contribution in [-0.2, 0) is 0 Å². The van der Waals surface area contributed by atoms with Crippen LogP contribution in [0.5, 0.6) is 0 Å². The highest BCUT2D eigenvalue weighted by atomic mass is 32.2. The molecule has 0 amide bonds. The zero-order valence-corrected chi connectivity index (χ0v) is 14.6. The number of hydrogen-bond acceptors (Lipinski definition) is 5. The number of hydrogen-bond donors (Lipinski definition) is 0. The maximum atomic E-state index is 13.2. The molecule has 0 atom stereocenters. The first-order chi connectivity index (χ1) is 13.2. The number of halogens is 1. The first kappa shape index (κ1) is 16.8. The number of nitriles is 2. The largest absolute Gasteiger partial charge is 0.238 e. The number of aromatic nitrogens is 3. The van der Waals surface area contributed by atoms with Crippen molar-refractivity contribution in [2.45, 2.75) is 9.79 Å². The highest BCUT2D eigenvalue weighted by Crippen LogP contribution is 2.36. The van der Waals surface area contributed by atoms with Gasteiger partial charge in [-0.05, 0) is 30.3 Å². The van der Waals surface area contributed by atoms with Crippen molar-refractivity contribution in [3.05, 3.63) is 78.1 Å². The lowest BCUT2D eigenvalue weighted by atomic mass is 10.1. The van der Waals surface area contributed by atoms with Crippen molar-refractivity contribution in [3.63, 3.8) is 0 Å². The molecular formula is C20H10FN5S. The molecule has 0 saturated carbocycles. The standard InChI is InChI=1S/C20H10FN5S/c21-19-6-5-14(10-24-19)15-7-18(20-16(9-23)11-25-26(20)12-15)27-17-4-2-1-3-13(17)8-22/h1-7,10-12H. The van der Waals surface area contributed by atoms with Crippen molar-refractivity contribution in [1.82, 2.24) is 14.6 Å². The van der Waals surface area contributed by atoms with Gasteiger partial charge in [-0.1, -0.05) is 23.9 Å². The summed E-state index contributed by atoms with van der Waals surface area (Å²) >= 11 is 1.39. The van der Waals surface area contributed by atoms with Crippen LogP contribution in [0.4, 0.5) is 4.39 Å². The van der Waals surface area contributed by atoms with Crippen LogP contribution in [0.3, 0.4) is 0 Å². The van der Waals surface area contributed by atoms with Crippen LogP contribution in [0.15, 0.2) is 70.8 Å². The van der Waals surface area contributed by atoms with E-state index in [1.165, 1.54) is 30.2 Å². The van der Waals surface area contributed by atoms with E-state index in [-0.39, 0.29) is 0 Å². The molecule has 0 saturated heterocycles. The van der Waals surface area contributed by atoms with Gasteiger partial charge < -0.3 is 0 Å². The topological polar surface area (TPSA) is 77.8 Å². The van der Waals surface area contributed by atoms with E-state index >= 15 is 0 Å². The molecule has 0 N–H and O–H groups in total. The van der Waals surface area contributed by atoms with E-state index in [0.717, 1.165) is 20.9 Å². The fourth-order valence-corrected chi connectivity index (χ4v) is 3.81. The van der Waals surface area contributed by atoms with Crippen LogP contribution < -0.4 is 0 Å². The highest BCUT2D eigenvalue weighted by molar-refractivity contribution is 7.99. The minimum absolute atomic E-state index is 0.440. The summed E-state index contributed by atoms with van der Waals surface area (Å²) in [6.07, 6.45) is 4.72. The van der Waals surface area contributed by atoms with Crippen LogP contribution in [0.2, 0.25) is 0 Å². The second kappa shape index (κ2) is 6.91. The second-order valence-corrected chi connectivity index (χ2v) is 6.72. The summed E-state index contributed by atoms with van der Waals surface area (Å²) in [5.41, 5.74) is 3.15. The van der Waals surface area contributed by atoms with Crippen molar-refractivity contribution in [3.8, 4) is 23.3 Å². The lowest BCUT2D eigenvalue weighted by Crippen LogP contribution is -1.93. The number of fused-ring (bicyclic) bond motifs is 1. The lowest BCUT2D eigenvalue weighted by Gasteiger charge is -2.10. The van der Waals surface area contributed by atoms with Gasteiger partial charge in [-0.15, -0.1) is 0 Å². The van der Waals surface area contributed by atoms with Gasteiger partial charge in [-0.3, -0.25) is 0 Å². The van der Waals surface area contributed by atoms with Gasteiger partial charge in [-0.2, -0.15) is 20.0 Å². The van der Waals surface area contributed by atoms with Crippen LogP contribution in [-0.4, -0.2) is 14.6 Å². The first-order valence-corrected chi connectivity index (χ1v) is 8.71. The van der Waals surface area contributed by atoms with Gasteiger partial charge in [0, 0.05) is 33.3 Å². The van der Waals surface area contributed by atoms with Gasteiger partial charge in [-0.25, -0.2) is 9.50 Å². The fourth-order valence-electron chi connectivity index (χ4n) is 2.71. The van der Waals surface area contributed by atoms with Crippen molar-refractivity contribution in [1.29, 1.82) is 10.5 Å². The predicted octanol–water partition coefficient (Wildman–Crippen LogP) is 4.43. The van der Waals surface area contributed by atoms with E-state index in [2.05, 4.69) is 22.2 Å². The van der Waals surface area contributed by atoms with E-state index in [0.29, 0.717) is 16.6 Å². The molecule has 7 heteroatoms. The molecule has 0 aliphatic heterocycles. The molecule has 1 aromatic carbocycles. The first-order valence-electron chi connectivity index (χ1n) is 7.90. The van der Waals surface area contributed by atoms with E-state index in [1.54, 1.807) is 28.9 Å². The minimum Gasteiger partial charge on any atom is -0.238 e. The maximum absolute atomic E-state index is 13.2. The van der Waals surface area contributed by atoms with Gasteiger partial charge in [0.05, 0.1) is 22.8 Å². The third kappa shape index (κ3) is 3.12. The summed E-state index contributed by atoms with van der Waals surface area (Å²) < 4.78 is 14.8. The summed E-state index contributed by atoms with van der Waals surface area (Å²) in [5.74, 6) is -0.553. The molecule has 0 fully saturated rings. The Hall–Kier alpha value is -3.68. The quantitative estimate of drug-likeness (QED) is 0.498. The van der Waals surface area contributed by atoms with Gasteiger partial charge in [0.25, 0.3) is 0 Å².